The Morgan fingerprint density at radius 2 is 2.64 bits per heavy atom. The lowest BCUT2D eigenvalue weighted by atomic mass is 10.8. The van der Waals surface area contributed by atoms with Crippen LogP contribution >= 0.6 is 11.3 Å². The standard InChI is InChI=1S/C3HN5O2S/c4-7-6-3-5-2(1-11-3)8(9)10/h1H. The van der Waals surface area contributed by atoms with Crippen molar-refractivity contribution in [3.8, 4) is 0 Å². The van der Waals surface area contributed by atoms with Crippen molar-refractivity contribution in [2.24, 2.45) is 5.11 Å². The lowest BCUT2D eigenvalue weighted by molar-refractivity contribution is -0.389. The quantitative estimate of drug-likeness (QED) is 0.223. The average molecular weight is 171 g/mol. The maximum Gasteiger partial charge on any atom is 0.374 e. The first-order chi connectivity index (χ1) is 5.24. The second-order valence-electron chi connectivity index (χ2n) is 1.43. The predicted octanol–water partition coefficient (Wildman–Crippen LogP) is 1.99. The molecule has 0 radical (unpaired) electrons. The minimum Gasteiger partial charge on any atom is -0.358 e. The van der Waals surface area contributed by atoms with Gasteiger partial charge in [0.1, 0.15) is 0 Å². The van der Waals surface area contributed by atoms with Crippen LogP contribution < -0.4 is 0 Å². The van der Waals surface area contributed by atoms with E-state index in [0.29, 0.717) is 0 Å². The zero-order valence-corrected chi connectivity index (χ0v) is 5.85. The van der Waals surface area contributed by atoms with E-state index in [2.05, 4.69) is 15.0 Å². The van der Waals surface area contributed by atoms with Crippen LogP contribution in [0.3, 0.4) is 0 Å². The zero-order valence-electron chi connectivity index (χ0n) is 5.04. The van der Waals surface area contributed by atoms with Gasteiger partial charge in [-0.25, -0.2) is 0 Å². The van der Waals surface area contributed by atoms with E-state index in [9.17, 15) is 10.1 Å². The summed E-state index contributed by atoms with van der Waals surface area (Å²) in [6.45, 7) is 0. The van der Waals surface area contributed by atoms with Gasteiger partial charge in [-0.3, -0.25) is 0 Å². The molecule has 0 aromatic carbocycles. The number of aromatic nitrogens is 1. The van der Waals surface area contributed by atoms with Gasteiger partial charge in [0.2, 0.25) is 0 Å². The normalized spacial score (nSPS) is 8.73. The van der Waals surface area contributed by atoms with Crippen LogP contribution in [0.1, 0.15) is 0 Å². The molecule has 0 saturated carbocycles. The molecule has 0 bridgehead atoms. The molecule has 1 rings (SSSR count). The fraction of sp³-hybridized carbons (Fsp3) is 0. The first kappa shape index (κ1) is 7.45. The van der Waals surface area contributed by atoms with Gasteiger partial charge in [0.05, 0.1) is 5.38 Å². The minimum atomic E-state index is -0.646. The van der Waals surface area contributed by atoms with Crippen LogP contribution in [0.2, 0.25) is 0 Å². The molecular weight excluding hydrogens is 170 g/mol. The first-order valence-corrected chi connectivity index (χ1v) is 3.27. The summed E-state index contributed by atoms with van der Waals surface area (Å²) in [6, 6.07) is 0. The maximum absolute atomic E-state index is 10.0. The summed E-state index contributed by atoms with van der Waals surface area (Å²) in [5.74, 6) is -0.294. The van der Waals surface area contributed by atoms with Crippen molar-refractivity contribution in [3.63, 3.8) is 0 Å². The lowest BCUT2D eigenvalue weighted by Crippen LogP contribution is -1.85. The lowest BCUT2D eigenvalue weighted by Gasteiger charge is -1.81. The molecular formula is C3HN5O2S. The van der Waals surface area contributed by atoms with Crippen molar-refractivity contribution < 1.29 is 4.92 Å². The van der Waals surface area contributed by atoms with Gasteiger partial charge in [0.25, 0.3) is 5.13 Å². The third-order valence-electron chi connectivity index (χ3n) is 0.797. The molecule has 0 aliphatic heterocycles. The van der Waals surface area contributed by atoms with Crippen molar-refractivity contribution in [1.82, 2.24) is 4.98 Å². The third-order valence-corrected chi connectivity index (χ3v) is 1.51. The molecule has 0 unspecified atom stereocenters. The summed E-state index contributed by atoms with van der Waals surface area (Å²) < 4.78 is 0. The van der Waals surface area contributed by atoms with E-state index in [1.165, 1.54) is 5.38 Å². The molecule has 0 amide bonds. The molecule has 0 atom stereocenters. The Bertz CT molecular complexity index is 310. The molecule has 0 N–H and O–H groups in total. The number of nitrogens with zero attached hydrogens (tertiary/aromatic N) is 5. The number of hydrogen-bond acceptors (Lipinski definition) is 5. The van der Waals surface area contributed by atoms with E-state index >= 15 is 0 Å². The maximum atomic E-state index is 10.0. The summed E-state index contributed by atoms with van der Waals surface area (Å²) in [5, 5.41) is 14.4. The van der Waals surface area contributed by atoms with Gasteiger partial charge in [0.15, 0.2) is 0 Å². The second kappa shape index (κ2) is 2.95. The molecule has 56 valence electrons. The number of nitro groups is 1. The highest BCUT2D eigenvalue weighted by Crippen LogP contribution is 2.22. The molecule has 0 aliphatic rings. The summed E-state index contributed by atoms with van der Waals surface area (Å²) in [4.78, 5) is 15.2. The summed E-state index contributed by atoms with van der Waals surface area (Å²) in [6.07, 6.45) is 0. The number of thiazole rings is 1. The highest BCUT2D eigenvalue weighted by molar-refractivity contribution is 7.13. The average Bonchev–Trinajstić information content (AvgIpc) is 2.37. The monoisotopic (exact) mass is 171 g/mol. The van der Waals surface area contributed by atoms with Gasteiger partial charge in [-0.15, -0.1) is 0 Å². The van der Waals surface area contributed by atoms with Crippen molar-refractivity contribution >= 4 is 22.3 Å². The summed E-state index contributed by atoms with van der Waals surface area (Å²) in [5.41, 5.74) is 7.92. The van der Waals surface area contributed by atoms with Crippen LogP contribution in [-0.4, -0.2) is 9.91 Å². The van der Waals surface area contributed by atoms with E-state index in [1.54, 1.807) is 0 Å². The molecule has 1 aromatic heterocycles. The van der Waals surface area contributed by atoms with E-state index in [0.717, 1.165) is 11.3 Å². The van der Waals surface area contributed by atoms with Crippen molar-refractivity contribution in [2.45, 2.75) is 0 Å². The molecule has 8 heteroatoms. The van der Waals surface area contributed by atoms with Crippen molar-refractivity contribution in [3.05, 3.63) is 25.9 Å². The van der Waals surface area contributed by atoms with Crippen molar-refractivity contribution in [2.75, 3.05) is 0 Å². The largest absolute Gasteiger partial charge is 0.374 e. The van der Waals surface area contributed by atoms with Crippen LogP contribution in [0.4, 0.5) is 10.9 Å². The van der Waals surface area contributed by atoms with Gasteiger partial charge < -0.3 is 10.1 Å². The smallest absolute Gasteiger partial charge is 0.358 e. The molecule has 0 aliphatic carbocycles. The van der Waals surface area contributed by atoms with Gasteiger partial charge in [-0.05, 0) is 20.6 Å². The highest BCUT2D eigenvalue weighted by atomic mass is 32.1. The van der Waals surface area contributed by atoms with Gasteiger partial charge in [-0.2, -0.15) is 0 Å². The van der Waals surface area contributed by atoms with Crippen LogP contribution in [0.5, 0.6) is 0 Å². The Morgan fingerprint density at radius 3 is 3.09 bits per heavy atom. The third kappa shape index (κ3) is 1.63. The Hall–Kier alpha value is -1.66. The summed E-state index contributed by atoms with van der Waals surface area (Å²) >= 11 is 0.929. The van der Waals surface area contributed by atoms with E-state index in [-0.39, 0.29) is 10.9 Å². The SMILES string of the molecule is [N-]=[N+]=Nc1nc([N+](=O)[O-])cs1. The Labute approximate surface area is 64.1 Å². The van der Waals surface area contributed by atoms with Crippen molar-refractivity contribution in [1.29, 1.82) is 0 Å². The van der Waals surface area contributed by atoms with Gasteiger partial charge >= 0.3 is 5.82 Å². The molecule has 1 aromatic rings. The molecule has 0 saturated heterocycles. The predicted molar refractivity (Wildman–Crippen MR) is 37.6 cm³/mol. The first-order valence-electron chi connectivity index (χ1n) is 2.39. The molecule has 7 nitrogen and oxygen atoms in total. The highest BCUT2D eigenvalue weighted by Gasteiger charge is 2.11. The van der Waals surface area contributed by atoms with Crippen LogP contribution in [-0.2, 0) is 0 Å². The summed E-state index contributed by atoms with van der Waals surface area (Å²) in [7, 11) is 0. The number of rotatable bonds is 2. The van der Waals surface area contributed by atoms with E-state index < -0.39 is 4.92 Å². The zero-order chi connectivity index (χ0) is 8.27. The fourth-order valence-corrected chi connectivity index (χ4v) is 1.00. The van der Waals surface area contributed by atoms with Gasteiger partial charge in [-0.1, -0.05) is 11.3 Å². The fourth-order valence-electron chi connectivity index (χ4n) is 0.424. The Morgan fingerprint density at radius 1 is 1.91 bits per heavy atom. The molecule has 11 heavy (non-hydrogen) atoms. The number of azide groups is 1. The minimum absolute atomic E-state index is 0.0548. The van der Waals surface area contributed by atoms with Crippen LogP contribution in [0.25, 0.3) is 10.4 Å². The topological polar surface area (TPSA) is 105 Å². The van der Waals surface area contributed by atoms with E-state index in [4.69, 9.17) is 5.53 Å². The molecule has 0 spiro atoms. The Kier molecular flexibility index (Phi) is 2.00. The van der Waals surface area contributed by atoms with Gasteiger partial charge in [0, 0.05) is 4.91 Å². The van der Waals surface area contributed by atoms with E-state index in [1.807, 2.05) is 0 Å². The molecule has 0 fully saturated rings. The molecule has 1 heterocycles. The number of hydrogen-bond donors (Lipinski definition) is 0. The Balaban J connectivity index is 2.99. The second-order valence-corrected chi connectivity index (χ2v) is 2.27. The van der Waals surface area contributed by atoms with Crippen LogP contribution in [0.15, 0.2) is 10.5 Å². The van der Waals surface area contributed by atoms with Crippen LogP contribution in [0, 0.1) is 10.1 Å².